The number of hydrogen-bond donors (Lipinski definition) is 2. The molecule has 0 amide bonds. The minimum atomic E-state index is -0.958. The van der Waals surface area contributed by atoms with Crippen molar-refractivity contribution in [3.63, 3.8) is 0 Å². The number of aliphatic carboxylic acids is 1. The van der Waals surface area contributed by atoms with Crippen molar-refractivity contribution in [3.8, 4) is 0 Å². The van der Waals surface area contributed by atoms with Crippen LogP contribution in [0, 0.1) is 6.92 Å². The highest BCUT2D eigenvalue weighted by atomic mass is 16.5. The van der Waals surface area contributed by atoms with Crippen LogP contribution in [0.25, 0.3) is 0 Å². The summed E-state index contributed by atoms with van der Waals surface area (Å²) in [5.74, 6) is 0.120. The summed E-state index contributed by atoms with van der Waals surface area (Å²) in [4.78, 5) is 14.0. The van der Waals surface area contributed by atoms with Crippen LogP contribution in [0.1, 0.15) is 11.7 Å². The van der Waals surface area contributed by atoms with Gasteiger partial charge in [-0.3, -0.25) is 0 Å². The molecule has 0 saturated carbocycles. The van der Waals surface area contributed by atoms with Gasteiger partial charge in [0.25, 0.3) is 0 Å². The van der Waals surface area contributed by atoms with Crippen LogP contribution in [0.15, 0.2) is 16.7 Å². The number of rotatable bonds is 5. The second kappa shape index (κ2) is 5.13. The van der Waals surface area contributed by atoms with Gasteiger partial charge in [0.05, 0.1) is 6.54 Å². The molecular formula is C8H11N3O3. The first-order valence-electron chi connectivity index (χ1n) is 4.08. The minimum absolute atomic E-state index is 0.435. The molecule has 0 aromatic carbocycles. The van der Waals surface area contributed by atoms with Crippen molar-refractivity contribution in [1.29, 1.82) is 0 Å². The first-order valence-corrected chi connectivity index (χ1v) is 4.08. The van der Waals surface area contributed by atoms with Gasteiger partial charge in [0, 0.05) is 12.6 Å². The smallest absolute Gasteiger partial charge is 0.328 e. The van der Waals surface area contributed by atoms with Gasteiger partial charge in [-0.05, 0) is 6.92 Å². The fraction of sp³-hybridized carbons (Fsp3) is 0.375. The van der Waals surface area contributed by atoms with E-state index in [0.29, 0.717) is 24.8 Å². The van der Waals surface area contributed by atoms with Gasteiger partial charge in [0.15, 0.2) is 5.82 Å². The molecule has 1 aromatic heterocycles. The van der Waals surface area contributed by atoms with Crippen molar-refractivity contribution >= 4 is 5.97 Å². The lowest BCUT2D eigenvalue weighted by Crippen LogP contribution is -2.13. The first-order chi connectivity index (χ1) is 6.68. The summed E-state index contributed by atoms with van der Waals surface area (Å²) in [5.41, 5.74) is 0. The number of aryl methyl sites for hydroxylation is 1. The number of nitrogens with zero attached hydrogens (tertiary/aromatic N) is 2. The molecule has 76 valence electrons. The van der Waals surface area contributed by atoms with Crippen LogP contribution in [0.5, 0.6) is 0 Å². The molecule has 0 saturated heterocycles. The monoisotopic (exact) mass is 197 g/mol. The second-order valence-corrected chi connectivity index (χ2v) is 2.61. The van der Waals surface area contributed by atoms with Gasteiger partial charge in [0.2, 0.25) is 5.89 Å². The molecule has 2 N–H and O–H groups in total. The summed E-state index contributed by atoms with van der Waals surface area (Å²) in [6.07, 6.45) is 2.58. The van der Waals surface area contributed by atoms with E-state index in [2.05, 4.69) is 15.5 Å². The molecule has 0 aliphatic rings. The van der Waals surface area contributed by atoms with Crippen molar-refractivity contribution in [2.45, 2.75) is 13.5 Å². The van der Waals surface area contributed by atoms with Crippen molar-refractivity contribution in [2.24, 2.45) is 0 Å². The lowest BCUT2D eigenvalue weighted by atomic mass is 10.5. The van der Waals surface area contributed by atoms with Crippen LogP contribution in [-0.4, -0.2) is 27.8 Å². The fourth-order valence-corrected chi connectivity index (χ4v) is 0.834. The Kier molecular flexibility index (Phi) is 3.81. The maximum absolute atomic E-state index is 10.1. The lowest BCUT2D eigenvalue weighted by molar-refractivity contribution is -0.131. The van der Waals surface area contributed by atoms with Crippen molar-refractivity contribution < 1.29 is 14.4 Å². The molecule has 0 radical (unpaired) electrons. The van der Waals surface area contributed by atoms with Crippen LogP contribution >= 0.6 is 0 Å². The average molecular weight is 197 g/mol. The molecule has 0 aliphatic heterocycles. The van der Waals surface area contributed by atoms with E-state index in [1.54, 1.807) is 6.92 Å². The number of carbonyl (C=O) groups is 1. The normalized spacial score (nSPS) is 10.9. The summed E-state index contributed by atoms with van der Waals surface area (Å²) >= 11 is 0. The number of carboxylic acid groups (broad SMARTS) is 1. The summed E-state index contributed by atoms with van der Waals surface area (Å²) < 4.78 is 4.83. The Hall–Kier alpha value is -1.69. The average Bonchev–Trinajstić information content (AvgIpc) is 2.50. The highest BCUT2D eigenvalue weighted by molar-refractivity contribution is 5.79. The molecule has 14 heavy (non-hydrogen) atoms. The van der Waals surface area contributed by atoms with Gasteiger partial charge in [-0.25, -0.2) is 4.79 Å². The van der Waals surface area contributed by atoms with E-state index in [9.17, 15) is 4.79 Å². The van der Waals surface area contributed by atoms with Crippen molar-refractivity contribution in [1.82, 2.24) is 15.5 Å². The van der Waals surface area contributed by atoms with Crippen LogP contribution < -0.4 is 5.32 Å². The zero-order valence-electron chi connectivity index (χ0n) is 7.73. The highest BCUT2D eigenvalue weighted by Crippen LogP contribution is 1.93. The van der Waals surface area contributed by atoms with Gasteiger partial charge in [-0.15, -0.1) is 0 Å². The third-order valence-electron chi connectivity index (χ3n) is 1.37. The standard InChI is InChI=1S/C8H11N3O3/c1-6-10-7(14-11-6)5-9-4-2-3-8(12)13/h2-3,9H,4-5H2,1H3,(H,12,13)/b3-2+. The number of aromatic nitrogens is 2. The summed E-state index contributed by atoms with van der Waals surface area (Å²) in [5, 5.41) is 14.8. The molecule has 0 atom stereocenters. The van der Waals surface area contributed by atoms with Crippen LogP contribution in [0.2, 0.25) is 0 Å². The summed E-state index contributed by atoms with van der Waals surface area (Å²) in [7, 11) is 0. The zero-order valence-corrected chi connectivity index (χ0v) is 7.73. The third-order valence-corrected chi connectivity index (χ3v) is 1.37. The first kappa shape index (κ1) is 10.4. The molecule has 1 heterocycles. The van der Waals surface area contributed by atoms with E-state index in [1.807, 2.05) is 0 Å². The Bertz CT molecular complexity index is 332. The third kappa shape index (κ3) is 3.81. The largest absolute Gasteiger partial charge is 0.478 e. The van der Waals surface area contributed by atoms with E-state index >= 15 is 0 Å². The lowest BCUT2D eigenvalue weighted by Gasteiger charge is -1.93. The fourth-order valence-electron chi connectivity index (χ4n) is 0.834. The maximum atomic E-state index is 10.1. The SMILES string of the molecule is Cc1noc(CNC/C=C/C(=O)O)n1. The van der Waals surface area contributed by atoms with E-state index in [4.69, 9.17) is 9.63 Å². The molecule has 1 aromatic rings. The van der Waals surface area contributed by atoms with Crippen molar-refractivity contribution in [3.05, 3.63) is 23.9 Å². The topological polar surface area (TPSA) is 88.2 Å². The molecule has 0 aliphatic carbocycles. The molecule has 0 fully saturated rings. The summed E-state index contributed by atoms with van der Waals surface area (Å²) in [6, 6.07) is 0. The van der Waals surface area contributed by atoms with Crippen LogP contribution in [0.4, 0.5) is 0 Å². The number of carboxylic acids is 1. The van der Waals surface area contributed by atoms with Crippen molar-refractivity contribution in [2.75, 3.05) is 6.54 Å². The second-order valence-electron chi connectivity index (χ2n) is 2.61. The van der Waals surface area contributed by atoms with Gasteiger partial charge in [-0.2, -0.15) is 4.98 Å². The Morgan fingerprint density at radius 1 is 1.71 bits per heavy atom. The van der Waals surface area contributed by atoms with Gasteiger partial charge >= 0.3 is 5.97 Å². The van der Waals surface area contributed by atoms with Crippen LogP contribution in [0.3, 0.4) is 0 Å². The van der Waals surface area contributed by atoms with Gasteiger partial charge in [0.1, 0.15) is 0 Å². The molecule has 6 heteroatoms. The quantitative estimate of drug-likeness (QED) is 0.514. The molecule has 6 nitrogen and oxygen atoms in total. The molecule has 0 bridgehead atoms. The zero-order chi connectivity index (χ0) is 10.4. The predicted molar refractivity (Wildman–Crippen MR) is 47.5 cm³/mol. The van der Waals surface area contributed by atoms with Gasteiger partial charge in [-0.1, -0.05) is 11.2 Å². The van der Waals surface area contributed by atoms with Crippen LogP contribution in [-0.2, 0) is 11.3 Å². The van der Waals surface area contributed by atoms with E-state index < -0.39 is 5.97 Å². The van der Waals surface area contributed by atoms with Gasteiger partial charge < -0.3 is 14.9 Å². The summed E-state index contributed by atoms with van der Waals surface area (Å²) in [6.45, 7) is 2.62. The minimum Gasteiger partial charge on any atom is -0.478 e. The maximum Gasteiger partial charge on any atom is 0.328 e. The highest BCUT2D eigenvalue weighted by Gasteiger charge is 1.99. The molecule has 0 unspecified atom stereocenters. The Morgan fingerprint density at radius 3 is 3.07 bits per heavy atom. The Morgan fingerprint density at radius 2 is 2.50 bits per heavy atom. The number of hydrogen-bond acceptors (Lipinski definition) is 5. The Balaban J connectivity index is 2.19. The molecule has 1 rings (SSSR count). The number of nitrogens with one attached hydrogen (secondary N) is 1. The Labute approximate surface area is 80.6 Å². The van der Waals surface area contributed by atoms with E-state index in [-0.39, 0.29) is 0 Å². The predicted octanol–water partition coefficient (Wildman–Crippen LogP) is 0.108. The molecular weight excluding hydrogens is 186 g/mol. The van der Waals surface area contributed by atoms with E-state index in [0.717, 1.165) is 6.08 Å². The molecule has 0 spiro atoms. The van der Waals surface area contributed by atoms with E-state index in [1.165, 1.54) is 6.08 Å².